The molecule has 3 saturated carbocycles. The number of carbonyl (C=O) groups is 2. The van der Waals surface area contributed by atoms with Crippen LogP contribution in [0.1, 0.15) is 44.1 Å². The number of hydrogen-bond donors (Lipinski definition) is 1. The first-order valence-electron chi connectivity index (χ1n) is 9.83. The Labute approximate surface area is 153 Å². The van der Waals surface area contributed by atoms with Crippen molar-refractivity contribution in [1.29, 1.82) is 0 Å². The van der Waals surface area contributed by atoms with Gasteiger partial charge in [-0.25, -0.2) is 0 Å². The topological polar surface area (TPSA) is 58.6 Å². The Morgan fingerprint density at radius 2 is 2.12 bits per heavy atom. The monoisotopic (exact) mass is 352 g/mol. The van der Waals surface area contributed by atoms with Crippen LogP contribution in [-0.2, 0) is 19.7 Å². The predicted molar refractivity (Wildman–Crippen MR) is 95.6 cm³/mol. The fourth-order valence-corrected chi connectivity index (χ4v) is 7.80. The van der Waals surface area contributed by atoms with Crippen molar-refractivity contribution in [3.8, 4) is 0 Å². The van der Waals surface area contributed by atoms with E-state index in [1.54, 1.807) is 0 Å². The highest BCUT2D eigenvalue weighted by Crippen LogP contribution is 2.74. The lowest BCUT2D eigenvalue weighted by Crippen LogP contribution is -2.76. The molecule has 5 atom stereocenters. The summed E-state index contributed by atoms with van der Waals surface area (Å²) in [5, 5.41) is 3.79. The minimum atomic E-state index is -0.391. The van der Waals surface area contributed by atoms with E-state index in [4.69, 9.17) is 4.74 Å². The van der Waals surface area contributed by atoms with Crippen LogP contribution >= 0.6 is 0 Å². The van der Waals surface area contributed by atoms with Crippen molar-refractivity contribution >= 4 is 17.6 Å². The maximum Gasteiger partial charge on any atom is 0.311 e. The van der Waals surface area contributed by atoms with Gasteiger partial charge in [-0.2, -0.15) is 0 Å². The summed E-state index contributed by atoms with van der Waals surface area (Å²) in [6, 6.07) is 8.64. The quantitative estimate of drug-likeness (QED) is 0.789. The Hall–Kier alpha value is -2.04. The third-order valence-corrected chi connectivity index (χ3v) is 8.45. The van der Waals surface area contributed by atoms with Crippen LogP contribution in [-0.4, -0.2) is 42.0 Å². The smallest absolute Gasteiger partial charge is 0.311 e. The zero-order chi connectivity index (χ0) is 17.7. The molecule has 7 rings (SSSR count). The van der Waals surface area contributed by atoms with E-state index in [1.807, 2.05) is 6.07 Å². The molecule has 5 fully saturated rings. The average molecular weight is 352 g/mol. The lowest BCUT2D eigenvalue weighted by Gasteiger charge is -2.68. The molecule has 5 nitrogen and oxygen atoms in total. The van der Waals surface area contributed by atoms with Gasteiger partial charge in [0.1, 0.15) is 0 Å². The lowest BCUT2D eigenvalue weighted by molar-refractivity contribution is -0.172. The summed E-state index contributed by atoms with van der Waals surface area (Å²) in [6.45, 7) is 0.869. The van der Waals surface area contributed by atoms with Crippen molar-refractivity contribution < 1.29 is 14.3 Å². The SMILES string of the molecule is COC(=O)[C@@H]1C[C@@]23CCCN4C(=O)C[C@]5(c6ccccc6N[C@]15CC2)[C@@H]43. The summed E-state index contributed by atoms with van der Waals surface area (Å²) in [4.78, 5) is 28.2. The van der Waals surface area contributed by atoms with E-state index in [2.05, 4.69) is 28.4 Å². The molecule has 2 bridgehead atoms. The van der Waals surface area contributed by atoms with E-state index >= 15 is 0 Å². The van der Waals surface area contributed by atoms with Crippen molar-refractivity contribution in [1.82, 2.24) is 4.90 Å². The largest absolute Gasteiger partial charge is 0.469 e. The summed E-state index contributed by atoms with van der Waals surface area (Å²) in [5.74, 6) is -0.0243. The molecular formula is C21H24N2O3. The first-order valence-corrected chi connectivity index (χ1v) is 9.83. The van der Waals surface area contributed by atoms with Gasteiger partial charge in [0.05, 0.1) is 24.0 Å². The molecule has 26 heavy (non-hydrogen) atoms. The van der Waals surface area contributed by atoms with Gasteiger partial charge in [0.2, 0.25) is 5.91 Å². The molecular weight excluding hydrogens is 328 g/mol. The molecule has 1 amide bonds. The van der Waals surface area contributed by atoms with Gasteiger partial charge in [0, 0.05) is 24.7 Å². The molecule has 1 N–H and O–H groups in total. The van der Waals surface area contributed by atoms with Crippen LogP contribution in [0, 0.1) is 11.3 Å². The molecule has 3 spiro atoms. The van der Waals surface area contributed by atoms with Crippen LogP contribution in [0.3, 0.4) is 0 Å². The summed E-state index contributed by atoms with van der Waals surface area (Å²) >= 11 is 0. The molecule has 5 heteroatoms. The van der Waals surface area contributed by atoms with E-state index in [0.29, 0.717) is 6.42 Å². The summed E-state index contributed by atoms with van der Waals surface area (Å²) in [5.41, 5.74) is 1.73. The maximum atomic E-state index is 13.1. The summed E-state index contributed by atoms with van der Waals surface area (Å²) in [6.07, 6.45) is 5.58. The third-order valence-electron chi connectivity index (χ3n) is 8.45. The van der Waals surface area contributed by atoms with Crippen molar-refractivity contribution in [2.24, 2.45) is 11.3 Å². The molecule has 0 unspecified atom stereocenters. The number of hydrogen-bond acceptors (Lipinski definition) is 4. The third kappa shape index (κ3) is 1.34. The summed E-state index contributed by atoms with van der Waals surface area (Å²) < 4.78 is 5.27. The molecule has 1 aromatic carbocycles. The first kappa shape index (κ1) is 15.1. The lowest BCUT2D eigenvalue weighted by atomic mass is 9.39. The minimum absolute atomic E-state index is 0.0597. The number of para-hydroxylation sites is 1. The molecule has 0 aromatic heterocycles. The number of nitrogens with one attached hydrogen (secondary N) is 1. The number of nitrogens with zero attached hydrogens (tertiary/aromatic N) is 1. The number of methoxy groups -OCH3 is 1. The molecule has 6 aliphatic rings. The van der Waals surface area contributed by atoms with Crippen LogP contribution in [0.25, 0.3) is 0 Å². The highest BCUT2D eigenvalue weighted by molar-refractivity contribution is 5.89. The number of anilines is 1. The van der Waals surface area contributed by atoms with Gasteiger partial charge in [0.15, 0.2) is 0 Å². The number of esters is 1. The van der Waals surface area contributed by atoms with E-state index in [1.165, 1.54) is 12.7 Å². The average Bonchev–Trinajstić information content (AvgIpc) is 3.14. The van der Waals surface area contributed by atoms with Gasteiger partial charge in [-0.05, 0) is 49.1 Å². The Morgan fingerprint density at radius 1 is 1.27 bits per heavy atom. The number of carbonyl (C=O) groups excluding carboxylic acids is 2. The second-order valence-electron chi connectivity index (χ2n) is 9.03. The number of piperidine rings is 1. The Morgan fingerprint density at radius 3 is 2.96 bits per heavy atom. The summed E-state index contributed by atoms with van der Waals surface area (Å²) in [7, 11) is 1.50. The standard InChI is InChI=1S/C21H24N2O3/c1-26-17(25)14-11-19-7-4-10-23-16(24)12-20(18(19)23)13-5-2-3-6-15(13)22-21(14,20)9-8-19/h2-3,5-6,14,18,22H,4,7-12H2,1H3/t14-,18-,19+,20-,21+/m0/s1. The van der Waals surface area contributed by atoms with Gasteiger partial charge in [-0.3, -0.25) is 9.59 Å². The van der Waals surface area contributed by atoms with Crippen molar-refractivity contribution in [3.63, 3.8) is 0 Å². The Kier molecular flexibility index (Phi) is 2.57. The minimum Gasteiger partial charge on any atom is -0.469 e. The zero-order valence-electron chi connectivity index (χ0n) is 15.1. The van der Waals surface area contributed by atoms with Crippen molar-refractivity contribution in [2.75, 3.05) is 19.0 Å². The van der Waals surface area contributed by atoms with Gasteiger partial charge in [0.25, 0.3) is 0 Å². The Balaban J connectivity index is 1.67. The molecule has 3 aliphatic carbocycles. The fourth-order valence-electron chi connectivity index (χ4n) is 7.80. The van der Waals surface area contributed by atoms with Gasteiger partial charge >= 0.3 is 5.97 Å². The van der Waals surface area contributed by atoms with Gasteiger partial charge in [-0.1, -0.05) is 18.2 Å². The number of benzene rings is 1. The second-order valence-corrected chi connectivity index (χ2v) is 9.03. The number of amides is 1. The van der Waals surface area contributed by atoms with E-state index in [-0.39, 0.29) is 34.7 Å². The predicted octanol–water partition coefficient (Wildman–Crippen LogP) is 2.46. The number of ether oxygens (including phenoxy) is 1. The van der Waals surface area contributed by atoms with Crippen LogP contribution in [0.15, 0.2) is 24.3 Å². The highest BCUT2D eigenvalue weighted by atomic mass is 16.5. The van der Waals surface area contributed by atoms with Crippen LogP contribution in [0.5, 0.6) is 0 Å². The van der Waals surface area contributed by atoms with Gasteiger partial charge in [-0.15, -0.1) is 0 Å². The van der Waals surface area contributed by atoms with Crippen molar-refractivity contribution in [2.45, 2.75) is 55.5 Å². The van der Waals surface area contributed by atoms with Crippen LogP contribution in [0.2, 0.25) is 0 Å². The highest BCUT2D eigenvalue weighted by Gasteiger charge is 2.80. The molecule has 0 radical (unpaired) electrons. The molecule has 2 saturated heterocycles. The zero-order valence-corrected chi connectivity index (χ0v) is 15.1. The fraction of sp³-hybridized carbons (Fsp3) is 0.619. The van der Waals surface area contributed by atoms with Crippen LogP contribution < -0.4 is 5.32 Å². The normalized spacial score (nSPS) is 44.2. The molecule has 3 aliphatic heterocycles. The molecule has 1 aromatic rings. The van der Waals surface area contributed by atoms with Crippen molar-refractivity contribution in [3.05, 3.63) is 29.8 Å². The van der Waals surface area contributed by atoms with E-state index in [0.717, 1.165) is 44.3 Å². The van der Waals surface area contributed by atoms with Crippen LogP contribution in [0.4, 0.5) is 5.69 Å². The van der Waals surface area contributed by atoms with E-state index < -0.39 is 5.54 Å². The number of fused-ring (bicyclic) bond motifs is 3. The number of rotatable bonds is 1. The Bertz CT molecular complexity index is 853. The first-order chi connectivity index (χ1) is 12.6. The van der Waals surface area contributed by atoms with E-state index in [9.17, 15) is 9.59 Å². The molecule has 136 valence electrons. The molecule has 3 heterocycles. The second kappa shape index (κ2) is 4.44. The van der Waals surface area contributed by atoms with Gasteiger partial charge < -0.3 is 15.0 Å². The maximum absolute atomic E-state index is 13.1.